The van der Waals surface area contributed by atoms with Crippen molar-refractivity contribution < 1.29 is 9.90 Å². The van der Waals surface area contributed by atoms with E-state index in [0.717, 1.165) is 30.8 Å². The largest absolute Gasteiger partial charge is 0.389 e. The molecule has 102 valence electrons. The molecule has 0 bridgehead atoms. The molecular weight excluding hydrogens is 242 g/mol. The molecule has 0 aliphatic carbocycles. The van der Waals surface area contributed by atoms with Gasteiger partial charge in [-0.05, 0) is 31.4 Å². The summed E-state index contributed by atoms with van der Waals surface area (Å²) in [6, 6.07) is 4.07. The summed E-state index contributed by atoms with van der Waals surface area (Å²) in [4.78, 5) is 18.4. The Morgan fingerprint density at radius 2 is 2.37 bits per heavy atom. The smallest absolute Gasteiger partial charge is 0.225 e. The van der Waals surface area contributed by atoms with Crippen molar-refractivity contribution in [1.29, 1.82) is 0 Å². The second kappa shape index (κ2) is 4.81. The predicted molar refractivity (Wildman–Crippen MR) is 71.7 cm³/mol. The Morgan fingerprint density at radius 1 is 1.53 bits per heavy atom. The fourth-order valence-corrected chi connectivity index (χ4v) is 3.05. The fourth-order valence-electron chi connectivity index (χ4n) is 3.05. The first kappa shape index (κ1) is 12.4. The molecule has 1 amide bonds. The van der Waals surface area contributed by atoms with Crippen LogP contribution in [0.1, 0.15) is 31.4 Å². The van der Waals surface area contributed by atoms with E-state index in [0.29, 0.717) is 6.54 Å². The van der Waals surface area contributed by atoms with Gasteiger partial charge in [0.2, 0.25) is 5.91 Å². The van der Waals surface area contributed by atoms with Gasteiger partial charge in [-0.1, -0.05) is 6.07 Å². The van der Waals surface area contributed by atoms with E-state index in [1.165, 1.54) is 0 Å². The van der Waals surface area contributed by atoms with Gasteiger partial charge in [-0.25, -0.2) is 4.98 Å². The van der Waals surface area contributed by atoms with Crippen molar-refractivity contribution in [3.63, 3.8) is 0 Å². The summed E-state index contributed by atoms with van der Waals surface area (Å²) >= 11 is 0. The highest BCUT2D eigenvalue weighted by Gasteiger charge is 2.41. The number of hydrogen-bond acceptors (Lipinski definition) is 4. The van der Waals surface area contributed by atoms with E-state index < -0.39 is 6.10 Å². The molecule has 2 aliphatic rings. The fraction of sp³-hybridized carbons (Fsp3) is 0.571. The number of amides is 1. The quantitative estimate of drug-likeness (QED) is 0.828. The van der Waals surface area contributed by atoms with Gasteiger partial charge < -0.3 is 15.3 Å². The van der Waals surface area contributed by atoms with Gasteiger partial charge in [0, 0.05) is 19.3 Å². The van der Waals surface area contributed by atoms with Gasteiger partial charge in [0.1, 0.15) is 5.82 Å². The molecule has 2 aliphatic heterocycles. The van der Waals surface area contributed by atoms with E-state index in [9.17, 15) is 9.90 Å². The van der Waals surface area contributed by atoms with Gasteiger partial charge in [-0.3, -0.25) is 4.79 Å². The van der Waals surface area contributed by atoms with Crippen LogP contribution in [0.3, 0.4) is 0 Å². The first-order valence-electron chi connectivity index (χ1n) is 6.85. The summed E-state index contributed by atoms with van der Waals surface area (Å²) in [6.07, 6.45) is 3.21. The number of anilines is 1. The number of aliphatic hydroxyl groups is 1. The SMILES string of the molecule is CC(O)c1ccc(N2CCCC3C(=O)NCC32)nc1. The van der Waals surface area contributed by atoms with Crippen LogP contribution in [0.15, 0.2) is 18.3 Å². The lowest BCUT2D eigenvalue weighted by atomic mass is 9.91. The molecule has 3 unspecified atom stereocenters. The van der Waals surface area contributed by atoms with Gasteiger partial charge in [-0.15, -0.1) is 0 Å². The van der Waals surface area contributed by atoms with Crippen LogP contribution < -0.4 is 10.2 Å². The maximum Gasteiger partial charge on any atom is 0.225 e. The highest BCUT2D eigenvalue weighted by atomic mass is 16.3. The molecule has 1 aromatic rings. The number of hydrogen-bond donors (Lipinski definition) is 2. The van der Waals surface area contributed by atoms with Crippen LogP contribution in [-0.4, -0.2) is 35.1 Å². The average Bonchev–Trinajstić information content (AvgIpc) is 2.81. The number of piperidine rings is 1. The van der Waals surface area contributed by atoms with Gasteiger partial charge >= 0.3 is 0 Å². The zero-order valence-corrected chi connectivity index (χ0v) is 11.0. The number of rotatable bonds is 2. The second-order valence-corrected chi connectivity index (χ2v) is 5.38. The van der Waals surface area contributed by atoms with Crippen molar-refractivity contribution >= 4 is 11.7 Å². The van der Waals surface area contributed by atoms with E-state index in [-0.39, 0.29) is 17.9 Å². The second-order valence-electron chi connectivity index (χ2n) is 5.38. The van der Waals surface area contributed by atoms with Crippen LogP contribution in [0.5, 0.6) is 0 Å². The minimum atomic E-state index is -0.495. The van der Waals surface area contributed by atoms with E-state index in [2.05, 4.69) is 15.2 Å². The van der Waals surface area contributed by atoms with Crippen molar-refractivity contribution in [3.8, 4) is 0 Å². The Balaban J connectivity index is 1.83. The maximum atomic E-state index is 11.7. The minimum Gasteiger partial charge on any atom is -0.389 e. The molecule has 0 aromatic carbocycles. The van der Waals surface area contributed by atoms with Crippen LogP contribution in [0.25, 0.3) is 0 Å². The third kappa shape index (κ3) is 2.18. The molecule has 5 heteroatoms. The first-order valence-corrected chi connectivity index (χ1v) is 6.85. The molecule has 2 N–H and O–H groups in total. The molecule has 0 radical (unpaired) electrons. The number of nitrogens with zero attached hydrogens (tertiary/aromatic N) is 2. The number of pyridine rings is 1. The molecule has 3 rings (SSSR count). The molecule has 3 atom stereocenters. The topological polar surface area (TPSA) is 65.5 Å². The van der Waals surface area contributed by atoms with Gasteiger partial charge in [0.05, 0.1) is 18.1 Å². The number of nitrogens with one attached hydrogen (secondary N) is 1. The Kier molecular flexibility index (Phi) is 3.14. The third-order valence-electron chi connectivity index (χ3n) is 4.15. The highest BCUT2D eigenvalue weighted by Crippen LogP contribution is 2.30. The highest BCUT2D eigenvalue weighted by molar-refractivity contribution is 5.83. The average molecular weight is 261 g/mol. The summed E-state index contributed by atoms with van der Waals surface area (Å²) in [7, 11) is 0. The minimum absolute atomic E-state index is 0.104. The van der Waals surface area contributed by atoms with Gasteiger partial charge in [0.25, 0.3) is 0 Å². The molecule has 2 fully saturated rings. The van der Waals surface area contributed by atoms with E-state index in [4.69, 9.17) is 0 Å². The maximum absolute atomic E-state index is 11.7. The molecule has 3 heterocycles. The number of carbonyl (C=O) groups is 1. The van der Waals surface area contributed by atoms with Crippen molar-refractivity contribution in [2.75, 3.05) is 18.0 Å². The van der Waals surface area contributed by atoms with Crippen molar-refractivity contribution in [2.45, 2.75) is 31.9 Å². The molecular formula is C14H19N3O2. The van der Waals surface area contributed by atoms with Crippen molar-refractivity contribution in [3.05, 3.63) is 23.9 Å². The molecule has 0 spiro atoms. The summed E-state index contributed by atoms with van der Waals surface area (Å²) in [5, 5.41) is 12.4. The number of aromatic nitrogens is 1. The van der Waals surface area contributed by atoms with Crippen LogP contribution >= 0.6 is 0 Å². The van der Waals surface area contributed by atoms with E-state index in [1.54, 1.807) is 13.1 Å². The van der Waals surface area contributed by atoms with E-state index >= 15 is 0 Å². The first-order chi connectivity index (χ1) is 9.16. The van der Waals surface area contributed by atoms with Crippen LogP contribution in [0.2, 0.25) is 0 Å². The Morgan fingerprint density at radius 3 is 3.05 bits per heavy atom. The molecule has 5 nitrogen and oxygen atoms in total. The zero-order chi connectivity index (χ0) is 13.4. The molecule has 1 aromatic heterocycles. The van der Waals surface area contributed by atoms with Crippen LogP contribution in [0, 0.1) is 5.92 Å². The summed E-state index contributed by atoms with van der Waals surface area (Å²) in [5.41, 5.74) is 0.818. The summed E-state index contributed by atoms with van der Waals surface area (Å²) in [5.74, 6) is 1.18. The number of fused-ring (bicyclic) bond motifs is 1. The summed E-state index contributed by atoms with van der Waals surface area (Å²) in [6.45, 7) is 3.38. The standard InChI is InChI=1S/C14H19N3O2/c1-9(18)10-4-5-13(15-7-10)17-6-2-3-11-12(17)8-16-14(11)19/h4-5,7,9,11-12,18H,2-3,6,8H2,1H3,(H,16,19). The monoisotopic (exact) mass is 261 g/mol. The number of aliphatic hydroxyl groups excluding tert-OH is 1. The Bertz CT molecular complexity index is 472. The lowest BCUT2D eigenvalue weighted by molar-refractivity contribution is -0.122. The Labute approximate surface area is 112 Å². The van der Waals surface area contributed by atoms with Crippen LogP contribution in [0.4, 0.5) is 5.82 Å². The lowest BCUT2D eigenvalue weighted by Gasteiger charge is -2.36. The summed E-state index contributed by atoms with van der Waals surface area (Å²) < 4.78 is 0. The van der Waals surface area contributed by atoms with Crippen LogP contribution in [-0.2, 0) is 4.79 Å². The van der Waals surface area contributed by atoms with E-state index in [1.807, 2.05) is 12.1 Å². The normalized spacial score (nSPS) is 27.9. The molecule has 0 saturated carbocycles. The third-order valence-corrected chi connectivity index (χ3v) is 4.15. The Hall–Kier alpha value is -1.62. The number of carbonyl (C=O) groups excluding carboxylic acids is 1. The lowest BCUT2D eigenvalue weighted by Crippen LogP contribution is -2.46. The molecule has 19 heavy (non-hydrogen) atoms. The predicted octanol–water partition coefficient (Wildman–Crippen LogP) is 0.850. The van der Waals surface area contributed by atoms with Crippen molar-refractivity contribution in [1.82, 2.24) is 10.3 Å². The molecule has 2 saturated heterocycles. The van der Waals surface area contributed by atoms with Crippen molar-refractivity contribution in [2.24, 2.45) is 5.92 Å². The zero-order valence-electron chi connectivity index (χ0n) is 11.0. The van der Waals surface area contributed by atoms with Gasteiger partial charge in [-0.2, -0.15) is 0 Å². The van der Waals surface area contributed by atoms with Gasteiger partial charge in [0.15, 0.2) is 0 Å².